The van der Waals surface area contributed by atoms with E-state index in [1.807, 2.05) is 0 Å². The van der Waals surface area contributed by atoms with Gasteiger partial charge >= 0.3 is 12.1 Å². The number of halogens is 3. The van der Waals surface area contributed by atoms with Crippen molar-refractivity contribution in [3.8, 4) is 0 Å². The van der Waals surface area contributed by atoms with Gasteiger partial charge in [0.25, 0.3) is 0 Å². The average molecular weight is 312 g/mol. The van der Waals surface area contributed by atoms with E-state index >= 15 is 0 Å². The monoisotopic (exact) mass is 312 g/mol. The fourth-order valence-electron chi connectivity index (χ4n) is 2.22. The molecule has 0 bridgehead atoms. The Bertz CT molecular complexity index is 601. The first-order valence-corrected chi connectivity index (χ1v) is 6.84. The van der Waals surface area contributed by atoms with Crippen LogP contribution in [-0.4, -0.2) is 18.0 Å². The van der Waals surface area contributed by atoms with Crippen molar-refractivity contribution in [1.29, 1.82) is 0 Å². The van der Waals surface area contributed by atoms with Crippen LogP contribution in [0.2, 0.25) is 0 Å². The number of rotatable bonds is 3. The summed E-state index contributed by atoms with van der Waals surface area (Å²) in [5.41, 5.74) is 1.05. The third kappa shape index (κ3) is 4.34. The minimum Gasteiger partial charge on any atom is -0.321 e. The van der Waals surface area contributed by atoms with E-state index < -0.39 is 18.0 Å². The highest BCUT2D eigenvalue weighted by atomic mass is 19.4. The lowest BCUT2D eigenvalue weighted by molar-refractivity contribution is -0.167. The number of allylic oxidation sites excluding steroid dienone is 1. The number of anilines is 2. The Hall–Kier alpha value is -2.31. The van der Waals surface area contributed by atoms with Crippen molar-refractivity contribution < 1.29 is 22.8 Å². The SMILES string of the molecule is O=C(C=C1CCCC1)Nc1ccccc1NC(=O)C(F)(F)F. The molecule has 0 spiro atoms. The summed E-state index contributed by atoms with van der Waals surface area (Å²) in [6.07, 6.45) is 0.284. The highest BCUT2D eigenvalue weighted by molar-refractivity contribution is 6.04. The lowest BCUT2D eigenvalue weighted by Crippen LogP contribution is -2.30. The fraction of sp³-hybridized carbons (Fsp3) is 0.333. The molecule has 0 heterocycles. The molecule has 0 saturated heterocycles. The fourth-order valence-corrected chi connectivity index (χ4v) is 2.22. The zero-order valence-corrected chi connectivity index (χ0v) is 11.7. The summed E-state index contributed by atoms with van der Waals surface area (Å²) >= 11 is 0. The number of para-hydroxylation sites is 2. The molecule has 4 nitrogen and oxygen atoms in total. The van der Waals surface area contributed by atoms with E-state index in [1.54, 1.807) is 11.4 Å². The largest absolute Gasteiger partial charge is 0.471 e. The summed E-state index contributed by atoms with van der Waals surface area (Å²) in [4.78, 5) is 22.9. The number of alkyl halides is 3. The first-order chi connectivity index (χ1) is 10.4. The number of amides is 2. The lowest BCUT2D eigenvalue weighted by Gasteiger charge is -2.12. The standard InChI is InChI=1S/C15H15F3N2O2/c16-15(17,18)14(22)20-12-8-4-3-7-11(12)19-13(21)9-10-5-1-2-6-10/h3-4,7-9H,1-2,5-6H2,(H,19,21)(H,20,22). The van der Waals surface area contributed by atoms with Crippen LogP contribution in [0.1, 0.15) is 25.7 Å². The molecule has 7 heteroatoms. The van der Waals surface area contributed by atoms with E-state index in [0.717, 1.165) is 31.3 Å². The molecule has 1 saturated carbocycles. The summed E-state index contributed by atoms with van der Waals surface area (Å²) in [6.45, 7) is 0. The van der Waals surface area contributed by atoms with Crippen LogP contribution in [0.15, 0.2) is 35.9 Å². The van der Waals surface area contributed by atoms with Crippen LogP contribution in [0.5, 0.6) is 0 Å². The highest BCUT2D eigenvalue weighted by Crippen LogP contribution is 2.26. The Labute approximate surface area is 125 Å². The van der Waals surface area contributed by atoms with Gasteiger partial charge in [-0.25, -0.2) is 0 Å². The molecule has 1 aromatic carbocycles. The van der Waals surface area contributed by atoms with Crippen molar-refractivity contribution in [2.75, 3.05) is 10.6 Å². The topological polar surface area (TPSA) is 58.2 Å². The third-order valence-electron chi connectivity index (χ3n) is 3.27. The zero-order chi connectivity index (χ0) is 16.2. The molecule has 118 valence electrons. The van der Waals surface area contributed by atoms with Gasteiger partial charge in [-0.2, -0.15) is 13.2 Å². The van der Waals surface area contributed by atoms with E-state index in [1.165, 1.54) is 24.3 Å². The summed E-state index contributed by atoms with van der Waals surface area (Å²) in [7, 11) is 0. The molecule has 2 N–H and O–H groups in total. The van der Waals surface area contributed by atoms with Crippen molar-refractivity contribution in [2.45, 2.75) is 31.9 Å². The van der Waals surface area contributed by atoms with Gasteiger partial charge in [0.2, 0.25) is 5.91 Å². The molecule has 1 aliphatic rings. The predicted octanol–water partition coefficient (Wildman–Crippen LogP) is 3.63. The molecular formula is C15H15F3N2O2. The van der Waals surface area contributed by atoms with E-state index in [2.05, 4.69) is 5.32 Å². The predicted molar refractivity (Wildman–Crippen MR) is 76.3 cm³/mol. The highest BCUT2D eigenvalue weighted by Gasteiger charge is 2.38. The van der Waals surface area contributed by atoms with Crippen molar-refractivity contribution in [3.63, 3.8) is 0 Å². The Balaban J connectivity index is 2.09. The van der Waals surface area contributed by atoms with Crippen molar-refractivity contribution in [3.05, 3.63) is 35.9 Å². The molecule has 1 aromatic rings. The minimum atomic E-state index is -4.98. The maximum atomic E-state index is 12.3. The molecule has 2 rings (SSSR count). The van der Waals surface area contributed by atoms with E-state index in [4.69, 9.17) is 0 Å². The first kappa shape index (κ1) is 16.1. The van der Waals surface area contributed by atoms with Crippen LogP contribution in [0, 0.1) is 0 Å². The molecule has 1 fully saturated rings. The van der Waals surface area contributed by atoms with Gasteiger partial charge < -0.3 is 10.6 Å². The molecule has 1 aliphatic carbocycles. The summed E-state index contributed by atoms with van der Waals surface area (Å²) in [5.74, 6) is -2.49. The summed E-state index contributed by atoms with van der Waals surface area (Å²) < 4.78 is 36.9. The maximum Gasteiger partial charge on any atom is 0.471 e. The second-order valence-corrected chi connectivity index (χ2v) is 5.00. The van der Waals surface area contributed by atoms with Crippen LogP contribution < -0.4 is 10.6 Å². The number of carbonyl (C=O) groups excluding carboxylic acids is 2. The Morgan fingerprint density at radius 3 is 2.09 bits per heavy atom. The van der Waals surface area contributed by atoms with Gasteiger partial charge in [0.15, 0.2) is 0 Å². The molecule has 0 aliphatic heterocycles. The van der Waals surface area contributed by atoms with Crippen LogP contribution in [-0.2, 0) is 9.59 Å². The number of nitrogens with one attached hydrogen (secondary N) is 2. The molecule has 0 atom stereocenters. The molecule has 2 amide bonds. The number of hydrogen-bond acceptors (Lipinski definition) is 2. The second-order valence-electron chi connectivity index (χ2n) is 5.00. The van der Waals surface area contributed by atoms with Crippen LogP contribution >= 0.6 is 0 Å². The third-order valence-corrected chi connectivity index (χ3v) is 3.27. The van der Waals surface area contributed by atoms with Gasteiger partial charge in [-0.05, 0) is 37.8 Å². The van der Waals surface area contributed by atoms with Gasteiger partial charge in [-0.1, -0.05) is 17.7 Å². The zero-order valence-electron chi connectivity index (χ0n) is 11.7. The quantitative estimate of drug-likeness (QED) is 0.837. The van der Waals surface area contributed by atoms with Gasteiger partial charge in [-0.15, -0.1) is 0 Å². The number of benzene rings is 1. The van der Waals surface area contributed by atoms with Gasteiger partial charge in [-0.3, -0.25) is 9.59 Å². The van der Waals surface area contributed by atoms with Gasteiger partial charge in [0.05, 0.1) is 11.4 Å². The molecule has 0 radical (unpaired) electrons. The minimum absolute atomic E-state index is 0.0944. The molecule has 0 unspecified atom stereocenters. The average Bonchev–Trinajstić information content (AvgIpc) is 2.92. The van der Waals surface area contributed by atoms with E-state index in [0.29, 0.717) is 0 Å². The van der Waals surface area contributed by atoms with Crippen LogP contribution in [0.3, 0.4) is 0 Å². The molecule has 0 aromatic heterocycles. The summed E-state index contributed by atoms with van der Waals surface area (Å²) in [6, 6.07) is 5.75. The summed E-state index contributed by atoms with van der Waals surface area (Å²) in [5, 5.41) is 4.25. The normalized spacial score (nSPS) is 14.6. The Kier molecular flexibility index (Phi) is 4.85. The Morgan fingerprint density at radius 2 is 1.55 bits per heavy atom. The molecular weight excluding hydrogens is 297 g/mol. The molecule has 22 heavy (non-hydrogen) atoms. The van der Waals surface area contributed by atoms with Crippen molar-refractivity contribution >= 4 is 23.2 Å². The number of hydrogen-bond donors (Lipinski definition) is 2. The van der Waals surface area contributed by atoms with Gasteiger partial charge in [0.1, 0.15) is 0 Å². The van der Waals surface area contributed by atoms with Crippen LogP contribution in [0.25, 0.3) is 0 Å². The smallest absolute Gasteiger partial charge is 0.321 e. The van der Waals surface area contributed by atoms with Crippen LogP contribution in [0.4, 0.5) is 24.5 Å². The lowest BCUT2D eigenvalue weighted by atomic mass is 10.2. The van der Waals surface area contributed by atoms with Gasteiger partial charge in [0, 0.05) is 6.08 Å². The first-order valence-electron chi connectivity index (χ1n) is 6.84. The van der Waals surface area contributed by atoms with Crippen molar-refractivity contribution in [2.24, 2.45) is 0 Å². The maximum absolute atomic E-state index is 12.3. The number of carbonyl (C=O) groups is 2. The van der Waals surface area contributed by atoms with E-state index in [-0.39, 0.29) is 11.4 Å². The Morgan fingerprint density at radius 1 is 1.00 bits per heavy atom. The van der Waals surface area contributed by atoms with E-state index in [9.17, 15) is 22.8 Å². The van der Waals surface area contributed by atoms with Crippen molar-refractivity contribution in [1.82, 2.24) is 0 Å². The second kappa shape index (κ2) is 6.64.